The van der Waals surface area contributed by atoms with Crippen molar-refractivity contribution in [1.82, 2.24) is 15.1 Å². The molecule has 2 heterocycles. The molecule has 9 heteroatoms. The molecule has 1 aromatic rings. The van der Waals surface area contributed by atoms with Gasteiger partial charge in [0.05, 0.1) is 0 Å². The number of furan rings is 1. The first-order valence-electron chi connectivity index (χ1n) is 8.04. The number of rotatable bonds is 3. The first-order valence-corrected chi connectivity index (χ1v) is 8.04. The van der Waals surface area contributed by atoms with Gasteiger partial charge in [-0.15, -0.1) is 24.0 Å². The van der Waals surface area contributed by atoms with Crippen molar-refractivity contribution in [2.45, 2.75) is 39.5 Å². The van der Waals surface area contributed by atoms with Crippen LogP contribution in [0.2, 0.25) is 0 Å². The van der Waals surface area contributed by atoms with Gasteiger partial charge in [0.2, 0.25) is 0 Å². The summed E-state index contributed by atoms with van der Waals surface area (Å²) in [5.74, 6) is 2.42. The molecule has 1 unspecified atom stereocenters. The lowest BCUT2D eigenvalue weighted by atomic mass is 10.2. The summed E-state index contributed by atoms with van der Waals surface area (Å²) < 4.78 is 43.9. The van der Waals surface area contributed by atoms with Gasteiger partial charge in [-0.25, -0.2) is 0 Å². The lowest BCUT2D eigenvalue weighted by Gasteiger charge is -2.39. The second kappa shape index (κ2) is 9.11. The van der Waals surface area contributed by atoms with Crippen molar-refractivity contribution in [3.8, 4) is 0 Å². The Morgan fingerprint density at radius 1 is 1.28 bits per heavy atom. The van der Waals surface area contributed by atoms with Crippen LogP contribution < -0.4 is 5.32 Å². The maximum atomic E-state index is 12.8. The first kappa shape index (κ1) is 22.1. The van der Waals surface area contributed by atoms with Crippen LogP contribution in [0.25, 0.3) is 0 Å². The molecule has 1 fully saturated rings. The molecular weight excluding hydrogens is 448 g/mol. The van der Waals surface area contributed by atoms with Crippen LogP contribution in [0.15, 0.2) is 15.5 Å². The van der Waals surface area contributed by atoms with Crippen molar-refractivity contribution in [3.05, 3.63) is 23.2 Å². The van der Waals surface area contributed by atoms with Crippen LogP contribution in [0.5, 0.6) is 0 Å². The minimum Gasteiger partial charge on any atom is -0.466 e. The van der Waals surface area contributed by atoms with Gasteiger partial charge in [-0.1, -0.05) is 0 Å². The highest BCUT2D eigenvalue weighted by Crippen LogP contribution is 2.25. The predicted molar refractivity (Wildman–Crippen MR) is 102 cm³/mol. The van der Waals surface area contributed by atoms with E-state index in [1.54, 1.807) is 7.05 Å². The summed E-state index contributed by atoms with van der Waals surface area (Å²) in [6, 6.07) is 0.560. The van der Waals surface area contributed by atoms with Crippen molar-refractivity contribution in [2.75, 3.05) is 33.2 Å². The lowest BCUT2D eigenvalue weighted by Crippen LogP contribution is -2.56. The SMILES string of the molecule is CN=C(NCc1cc(C)oc1C)N1CCN(C(C)C(F)(F)F)CC1.I. The number of aliphatic imine (C=N–C) groups is 1. The van der Waals surface area contributed by atoms with Gasteiger partial charge in [0.25, 0.3) is 0 Å². The molecule has 144 valence electrons. The van der Waals surface area contributed by atoms with E-state index in [-0.39, 0.29) is 24.0 Å². The molecule has 1 N–H and O–H groups in total. The molecule has 0 radical (unpaired) electrons. The lowest BCUT2D eigenvalue weighted by molar-refractivity contribution is -0.181. The molecule has 0 saturated carbocycles. The number of hydrogen-bond acceptors (Lipinski definition) is 3. The molecule has 2 rings (SSSR count). The number of alkyl halides is 3. The molecule has 0 amide bonds. The third kappa shape index (κ3) is 5.77. The van der Waals surface area contributed by atoms with Crippen LogP contribution in [0.3, 0.4) is 0 Å². The first-order chi connectivity index (χ1) is 11.2. The highest BCUT2D eigenvalue weighted by Gasteiger charge is 2.41. The summed E-state index contributed by atoms with van der Waals surface area (Å²) >= 11 is 0. The molecule has 1 aliphatic rings. The van der Waals surface area contributed by atoms with Crippen LogP contribution in [-0.2, 0) is 6.54 Å². The third-order valence-corrected chi connectivity index (χ3v) is 4.43. The van der Waals surface area contributed by atoms with Gasteiger partial charge in [-0.2, -0.15) is 13.2 Å². The predicted octanol–water partition coefficient (Wildman–Crippen LogP) is 3.16. The van der Waals surface area contributed by atoms with Crippen molar-refractivity contribution >= 4 is 29.9 Å². The molecule has 0 aliphatic carbocycles. The molecule has 1 aliphatic heterocycles. The fourth-order valence-electron chi connectivity index (χ4n) is 2.89. The Morgan fingerprint density at radius 2 is 1.88 bits per heavy atom. The summed E-state index contributed by atoms with van der Waals surface area (Å²) in [6.07, 6.45) is -4.18. The van der Waals surface area contributed by atoms with Gasteiger partial charge >= 0.3 is 6.18 Å². The maximum Gasteiger partial charge on any atom is 0.403 e. The van der Waals surface area contributed by atoms with E-state index in [2.05, 4.69) is 10.3 Å². The Balaban J connectivity index is 0.00000312. The van der Waals surface area contributed by atoms with Crippen LogP contribution >= 0.6 is 24.0 Å². The smallest absolute Gasteiger partial charge is 0.403 e. The van der Waals surface area contributed by atoms with Crippen molar-refractivity contribution < 1.29 is 17.6 Å². The molecule has 1 saturated heterocycles. The van der Waals surface area contributed by atoms with Gasteiger partial charge < -0.3 is 14.6 Å². The molecule has 5 nitrogen and oxygen atoms in total. The standard InChI is InChI=1S/C16H25F3N4O.HI/c1-11-9-14(12(2)24-11)10-21-15(20-4)23-7-5-22(6-8-23)13(3)16(17,18)19;/h9,13H,5-8,10H2,1-4H3,(H,20,21);1H. The zero-order valence-corrected chi connectivity index (χ0v) is 17.3. The van der Waals surface area contributed by atoms with E-state index in [1.165, 1.54) is 11.8 Å². The topological polar surface area (TPSA) is 44.0 Å². The largest absolute Gasteiger partial charge is 0.466 e. The highest BCUT2D eigenvalue weighted by atomic mass is 127. The monoisotopic (exact) mass is 474 g/mol. The van der Waals surface area contributed by atoms with Crippen LogP contribution in [0.4, 0.5) is 13.2 Å². The zero-order chi connectivity index (χ0) is 17.9. The number of nitrogens with zero attached hydrogens (tertiary/aromatic N) is 3. The van der Waals surface area contributed by atoms with Crippen LogP contribution in [-0.4, -0.2) is 61.2 Å². The molecule has 25 heavy (non-hydrogen) atoms. The number of nitrogens with one attached hydrogen (secondary N) is 1. The van der Waals surface area contributed by atoms with Crippen LogP contribution in [0.1, 0.15) is 24.0 Å². The van der Waals surface area contributed by atoms with Crippen LogP contribution in [0, 0.1) is 13.8 Å². The summed E-state index contributed by atoms with van der Waals surface area (Å²) in [5, 5.41) is 3.26. The maximum absolute atomic E-state index is 12.8. The van der Waals surface area contributed by atoms with E-state index >= 15 is 0 Å². The summed E-state index contributed by atoms with van der Waals surface area (Å²) in [6.45, 7) is 7.36. The van der Waals surface area contributed by atoms with Gasteiger partial charge in [-0.3, -0.25) is 9.89 Å². The van der Waals surface area contributed by atoms with Gasteiger partial charge in [-0.05, 0) is 26.8 Å². The normalized spacial score (nSPS) is 18.0. The Hall–Kier alpha value is -0.970. The van der Waals surface area contributed by atoms with E-state index in [0.717, 1.165) is 17.1 Å². The fourth-order valence-corrected chi connectivity index (χ4v) is 2.89. The van der Waals surface area contributed by atoms with Gasteiger partial charge in [0.1, 0.15) is 17.6 Å². The number of hydrogen-bond donors (Lipinski definition) is 1. The Labute approximate surface area is 163 Å². The minimum atomic E-state index is -4.18. The van der Waals surface area contributed by atoms with Crippen molar-refractivity contribution in [3.63, 3.8) is 0 Å². The molecular formula is C16H26F3IN4O. The Morgan fingerprint density at radius 3 is 2.32 bits per heavy atom. The number of halogens is 4. The van der Waals surface area contributed by atoms with Crippen molar-refractivity contribution in [1.29, 1.82) is 0 Å². The Kier molecular flexibility index (Phi) is 8.04. The minimum absolute atomic E-state index is 0. The molecule has 1 aromatic heterocycles. The molecule has 1 atom stereocenters. The number of piperazine rings is 1. The molecule has 0 spiro atoms. The second-order valence-electron chi connectivity index (χ2n) is 6.08. The summed E-state index contributed by atoms with van der Waals surface area (Å²) in [5.41, 5.74) is 1.05. The number of aryl methyl sites for hydroxylation is 2. The summed E-state index contributed by atoms with van der Waals surface area (Å²) in [7, 11) is 1.68. The van der Waals surface area contributed by atoms with Gasteiger partial charge in [0.15, 0.2) is 5.96 Å². The molecule has 0 aromatic carbocycles. The van der Waals surface area contributed by atoms with E-state index in [9.17, 15) is 13.2 Å². The van der Waals surface area contributed by atoms with Crippen molar-refractivity contribution in [2.24, 2.45) is 4.99 Å². The average Bonchev–Trinajstić information content (AvgIpc) is 2.85. The Bertz CT molecular complexity index is 580. The second-order valence-corrected chi connectivity index (χ2v) is 6.08. The highest BCUT2D eigenvalue weighted by molar-refractivity contribution is 14.0. The average molecular weight is 474 g/mol. The zero-order valence-electron chi connectivity index (χ0n) is 15.0. The number of guanidine groups is 1. The quantitative estimate of drug-likeness (QED) is 0.416. The third-order valence-electron chi connectivity index (χ3n) is 4.43. The fraction of sp³-hybridized carbons (Fsp3) is 0.688. The van der Waals surface area contributed by atoms with E-state index in [4.69, 9.17) is 4.42 Å². The van der Waals surface area contributed by atoms with E-state index in [1.807, 2.05) is 24.8 Å². The van der Waals surface area contributed by atoms with E-state index in [0.29, 0.717) is 38.7 Å². The van der Waals surface area contributed by atoms with Gasteiger partial charge in [0, 0.05) is 45.3 Å². The molecule has 0 bridgehead atoms. The van der Waals surface area contributed by atoms with E-state index < -0.39 is 12.2 Å². The summed E-state index contributed by atoms with van der Waals surface area (Å²) in [4.78, 5) is 7.70.